The summed E-state index contributed by atoms with van der Waals surface area (Å²) >= 11 is 5.75. The zero-order chi connectivity index (χ0) is 39.3. The first kappa shape index (κ1) is 41.2. The first-order valence-corrected chi connectivity index (χ1v) is 17.8. The molecule has 282 valence electrons. The first-order valence-electron chi connectivity index (χ1n) is 14.5. The molecule has 53 heavy (non-hydrogen) atoms. The SMILES string of the molecule is CCOC(=O)c1ccccc1S(=O)(=O)NC(=O)Nc1nc(Cl)cc(OC)n1.COC(=O)c1ccccc1S(=O)(=O)NC(=O)Nc1nc(C)nc(OC)n1. The quantitative estimate of drug-likeness (QED) is 0.125. The zero-order valence-corrected chi connectivity index (χ0v) is 30.6. The molecule has 0 saturated carbocycles. The maximum absolute atomic E-state index is 12.5. The van der Waals surface area contributed by atoms with Crippen LogP contribution in [0.4, 0.5) is 21.5 Å². The third-order valence-corrected chi connectivity index (χ3v) is 8.92. The van der Waals surface area contributed by atoms with E-state index in [9.17, 15) is 36.0 Å². The lowest BCUT2D eigenvalue weighted by Crippen LogP contribution is -2.35. The van der Waals surface area contributed by atoms with Crippen LogP contribution in [0.2, 0.25) is 5.15 Å². The number of benzene rings is 2. The first-order chi connectivity index (χ1) is 25.0. The summed E-state index contributed by atoms with van der Waals surface area (Å²) in [7, 11) is -4.97. The molecule has 0 spiro atoms. The van der Waals surface area contributed by atoms with E-state index in [1.807, 2.05) is 0 Å². The second kappa shape index (κ2) is 18.3. The van der Waals surface area contributed by atoms with Gasteiger partial charge in [0.15, 0.2) is 0 Å². The number of carbonyl (C=O) groups excluding carboxylic acids is 4. The number of urea groups is 2. The maximum atomic E-state index is 12.5. The number of anilines is 2. The highest BCUT2D eigenvalue weighted by Gasteiger charge is 2.26. The van der Waals surface area contributed by atoms with Gasteiger partial charge in [0.1, 0.15) is 20.8 Å². The van der Waals surface area contributed by atoms with Crippen LogP contribution in [0.1, 0.15) is 33.5 Å². The van der Waals surface area contributed by atoms with Crippen molar-refractivity contribution in [3.63, 3.8) is 0 Å². The van der Waals surface area contributed by atoms with Crippen LogP contribution in [0.15, 0.2) is 64.4 Å². The number of nitrogens with zero attached hydrogens (tertiary/aromatic N) is 5. The summed E-state index contributed by atoms with van der Waals surface area (Å²) < 4.78 is 72.4. The average molecular weight is 796 g/mol. The van der Waals surface area contributed by atoms with E-state index in [1.54, 1.807) is 16.4 Å². The van der Waals surface area contributed by atoms with Gasteiger partial charge in [0.25, 0.3) is 20.0 Å². The van der Waals surface area contributed by atoms with E-state index >= 15 is 0 Å². The second-order valence-corrected chi connectivity index (χ2v) is 13.3. The molecule has 0 aliphatic rings. The molecule has 0 unspecified atom stereocenters. The molecule has 0 saturated heterocycles. The van der Waals surface area contributed by atoms with Crippen molar-refractivity contribution in [2.75, 3.05) is 38.6 Å². The Kier molecular flexibility index (Phi) is 14.3. The van der Waals surface area contributed by atoms with Crippen molar-refractivity contribution in [2.24, 2.45) is 0 Å². The van der Waals surface area contributed by atoms with E-state index < -0.39 is 53.8 Å². The molecule has 0 atom stereocenters. The molecule has 21 nitrogen and oxygen atoms in total. The fourth-order valence-corrected chi connectivity index (χ4v) is 6.21. The van der Waals surface area contributed by atoms with Gasteiger partial charge in [0, 0.05) is 6.07 Å². The number of nitrogens with one attached hydrogen (secondary N) is 4. The Bertz CT molecular complexity index is 2230. The zero-order valence-electron chi connectivity index (χ0n) is 28.2. The predicted octanol–water partition coefficient (Wildman–Crippen LogP) is 2.31. The van der Waals surface area contributed by atoms with Crippen molar-refractivity contribution in [1.82, 2.24) is 34.4 Å². The van der Waals surface area contributed by atoms with Crippen molar-refractivity contribution in [3.8, 4) is 11.9 Å². The molecular weight excluding hydrogens is 766 g/mol. The lowest BCUT2D eigenvalue weighted by atomic mass is 10.2. The topological polar surface area (TPSA) is 286 Å². The average Bonchev–Trinajstić information content (AvgIpc) is 3.10. The van der Waals surface area contributed by atoms with Crippen LogP contribution in [0.3, 0.4) is 0 Å². The molecule has 0 fully saturated rings. The van der Waals surface area contributed by atoms with Crippen molar-refractivity contribution in [3.05, 3.63) is 76.7 Å². The summed E-state index contributed by atoms with van der Waals surface area (Å²) in [6.07, 6.45) is 0. The third-order valence-electron chi connectivity index (χ3n) is 5.95. The highest BCUT2D eigenvalue weighted by Crippen LogP contribution is 2.19. The molecule has 4 amide bonds. The Balaban J connectivity index is 0.000000286. The number of rotatable bonds is 11. The molecule has 0 bridgehead atoms. The number of aromatic nitrogens is 5. The molecule has 2 heterocycles. The molecule has 2 aromatic heterocycles. The van der Waals surface area contributed by atoms with Gasteiger partial charge in [-0.25, -0.2) is 50.4 Å². The van der Waals surface area contributed by atoms with Crippen LogP contribution in [0.25, 0.3) is 0 Å². The van der Waals surface area contributed by atoms with Gasteiger partial charge in [-0.15, -0.1) is 0 Å². The van der Waals surface area contributed by atoms with Gasteiger partial charge in [-0.1, -0.05) is 35.9 Å². The summed E-state index contributed by atoms with van der Waals surface area (Å²) in [4.78, 5) is 65.8. The minimum Gasteiger partial charge on any atom is -0.481 e. The predicted molar refractivity (Wildman–Crippen MR) is 184 cm³/mol. The van der Waals surface area contributed by atoms with E-state index in [1.165, 1.54) is 69.7 Å². The van der Waals surface area contributed by atoms with Crippen LogP contribution in [-0.2, 0) is 29.5 Å². The van der Waals surface area contributed by atoms with Gasteiger partial charge >= 0.3 is 30.0 Å². The number of carbonyl (C=O) groups is 4. The molecule has 0 aliphatic carbocycles. The van der Waals surface area contributed by atoms with Crippen molar-refractivity contribution in [2.45, 2.75) is 23.6 Å². The fourth-order valence-electron chi connectivity index (χ4n) is 3.83. The van der Waals surface area contributed by atoms with Crippen molar-refractivity contribution < 1.29 is 55.0 Å². The molecule has 4 aromatic rings. The number of sulfonamides is 2. The van der Waals surface area contributed by atoms with Gasteiger partial charge in [0.2, 0.25) is 17.8 Å². The highest BCUT2D eigenvalue weighted by atomic mass is 35.5. The number of hydrogen-bond donors (Lipinski definition) is 4. The van der Waals surface area contributed by atoms with Crippen molar-refractivity contribution >= 4 is 67.5 Å². The smallest absolute Gasteiger partial charge is 0.339 e. The van der Waals surface area contributed by atoms with Gasteiger partial charge in [-0.05, 0) is 38.1 Å². The Morgan fingerprint density at radius 2 is 1.21 bits per heavy atom. The number of esters is 2. The van der Waals surface area contributed by atoms with E-state index in [0.717, 1.165) is 13.2 Å². The number of hydrogen-bond acceptors (Lipinski definition) is 17. The summed E-state index contributed by atoms with van der Waals surface area (Å²) in [5, 5.41) is 4.26. The monoisotopic (exact) mass is 795 g/mol. The van der Waals surface area contributed by atoms with Crippen LogP contribution in [0, 0.1) is 6.92 Å². The second-order valence-electron chi connectivity index (χ2n) is 9.57. The molecular formula is C29H30ClN9O12S2. The van der Waals surface area contributed by atoms with Crippen LogP contribution >= 0.6 is 11.6 Å². The van der Waals surface area contributed by atoms with E-state index in [0.29, 0.717) is 0 Å². The number of methoxy groups -OCH3 is 3. The Morgan fingerprint density at radius 1 is 0.698 bits per heavy atom. The van der Waals surface area contributed by atoms with Gasteiger partial charge in [0.05, 0.1) is 39.1 Å². The van der Waals surface area contributed by atoms with Crippen LogP contribution < -0.4 is 29.6 Å². The minimum absolute atomic E-state index is 0.0207. The molecule has 4 N–H and O–H groups in total. The highest BCUT2D eigenvalue weighted by molar-refractivity contribution is 7.90. The lowest BCUT2D eigenvalue weighted by molar-refractivity contribution is 0.0520. The number of aryl methyl sites for hydroxylation is 1. The van der Waals surface area contributed by atoms with E-state index in [2.05, 4.69) is 40.3 Å². The summed E-state index contributed by atoms with van der Waals surface area (Å²) in [5.41, 5.74) is -0.423. The largest absolute Gasteiger partial charge is 0.481 e. The van der Waals surface area contributed by atoms with Gasteiger partial charge in [-0.2, -0.15) is 19.9 Å². The van der Waals surface area contributed by atoms with Gasteiger partial charge in [-0.3, -0.25) is 10.6 Å². The number of halogens is 1. The van der Waals surface area contributed by atoms with Crippen LogP contribution in [-0.4, -0.2) is 93.7 Å². The Hall–Kier alpha value is -6.20. The normalized spacial score (nSPS) is 10.8. The molecule has 0 aliphatic heterocycles. The standard InChI is InChI=1S/C15H15ClN4O6S.C14H15N5O6S/c1-3-26-13(21)9-6-4-5-7-10(9)27(23,24)20-15(22)19-14-17-11(16)8-12(18-14)25-2;1-8-15-12(18-14(16-8)25-3)17-13(21)19-26(22,23)10-7-5-4-6-9(10)11(20)24-2/h4-8H,3H2,1-2H3,(H2,17,18,19,20,22);4-7H,1-3H3,(H2,15,16,17,18,19,21). The van der Waals surface area contributed by atoms with E-state index in [-0.39, 0.29) is 52.5 Å². The molecule has 24 heteroatoms. The summed E-state index contributed by atoms with van der Waals surface area (Å²) in [6, 6.07) is 9.58. The van der Waals surface area contributed by atoms with E-state index in [4.69, 9.17) is 25.8 Å². The summed E-state index contributed by atoms with van der Waals surface area (Å²) in [6.45, 7) is 3.19. The fraction of sp³-hybridized carbons (Fsp3) is 0.207. The third kappa shape index (κ3) is 11.7. The number of ether oxygens (including phenoxy) is 4. The van der Waals surface area contributed by atoms with Crippen LogP contribution in [0.5, 0.6) is 11.9 Å². The molecule has 0 radical (unpaired) electrons. The maximum Gasteiger partial charge on any atom is 0.339 e. The van der Waals surface area contributed by atoms with Crippen molar-refractivity contribution in [1.29, 1.82) is 0 Å². The lowest BCUT2D eigenvalue weighted by Gasteiger charge is -2.11. The minimum atomic E-state index is -4.38. The summed E-state index contributed by atoms with van der Waals surface area (Å²) in [5.74, 6) is -1.84. The van der Waals surface area contributed by atoms with Gasteiger partial charge < -0.3 is 18.9 Å². The molecule has 2 aromatic carbocycles. The molecule has 4 rings (SSSR count). The Labute approximate surface area is 306 Å². The Morgan fingerprint density at radius 3 is 1.70 bits per heavy atom. The number of amides is 4.